The Labute approximate surface area is 114 Å². The van der Waals surface area contributed by atoms with Gasteiger partial charge in [-0.2, -0.15) is 0 Å². The molecule has 1 aliphatic rings. The van der Waals surface area contributed by atoms with Crippen molar-refractivity contribution < 1.29 is 14.7 Å². The second-order valence-corrected chi connectivity index (χ2v) is 5.58. The molecule has 0 saturated heterocycles. The summed E-state index contributed by atoms with van der Waals surface area (Å²) in [5.41, 5.74) is 0.0526. The number of nitrogens with one attached hydrogen (secondary N) is 1. The van der Waals surface area contributed by atoms with Crippen LogP contribution in [0.1, 0.15) is 32.6 Å². The van der Waals surface area contributed by atoms with Crippen LogP contribution >= 0.6 is 0 Å². The average Bonchev–Trinajstić information content (AvgIpc) is 2.28. The molecular formula is C13H25N3O3. The Bertz CT molecular complexity index is 340. The number of carboxylic acid groups (broad SMARTS) is 1. The molecule has 0 aromatic rings. The van der Waals surface area contributed by atoms with Gasteiger partial charge in [0.1, 0.15) is 6.04 Å². The van der Waals surface area contributed by atoms with Crippen LogP contribution in [0.2, 0.25) is 0 Å². The Hall–Kier alpha value is -1.30. The number of carboxylic acids is 1. The number of hydrogen-bond donors (Lipinski definition) is 2. The molecule has 1 rings (SSSR count). The predicted molar refractivity (Wildman–Crippen MR) is 73.1 cm³/mol. The van der Waals surface area contributed by atoms with Crippen molar-refractivity contribution in [2.75, 3.05) is 27.7 Å². The molecule has 2 N–H and O–H groups in total. The molecule has 1 aliphatic carbocycles. The first kappa shape index (κ1) is 15.8. The maximum atomic E-state index is 12.0. The first-order valence-electron chi connectivity index (χ1n) is 6.74. The van der Waals surface area contributed by atoms with E-state index in [1.54, 1.807) is 18.9 Å². The van der Waals surface area contributed by atoms with E-state index in [0.717, 1.165) is 12.8 Å². The van der Waals surface area contributed by atoms with E-state index in [4.69, 9.17) is 5.11 Å². The van der Waals surface area contributed by atoms with Crippen LogP contribution in [0.5, 0.6) is 0 Å². The average molecular weight is 271 g/mol. The molecule has 6 nitrogen and oxygen atoms in total. The third kappa shape index (κ3) is 3.59. The van der Waals surface area contributed by atoms with Crippen molar-refractivity contribution in [2.24, 2.45) is 0 Å². The molecule has 19 heavy (non-hydrogen) atoms. The lowest BCUT2D eigenvalue weighted by molar-refractivity contribution is -0.139. The van der Waals surface area contributed by atoms with Gasteiger partial charge in [-0.3, -0.25) is 0 Å². The molecule has 0 heterocycles. The van der Waals surface area contributed by atoms with E-state index in [2.05, 4.69) is 10.2 Å². The number of rotatable bonds is 6. The van der Waals surface area contributed by atoms with Gasteiger partial charge in [-0.05, 0) is 39.8 Å². The Morgan fingerprint density at radius 1 is 1.32 bits per heavy atom. The Balaban J connectivity index is 2.55. The van der Waals surface area contributed by atoms with Crippen LogP contribution in [0.25, 0.3) is 0 Å². The molecule has 0 bridgehead atoms. The standard InChI is InChI=1S/C13H25N3O3/c1-5-10(11(17)18)14-12(19)16(4)9-13(15(2)3)7-6-8-13/h10H,5-9H2,1-4H3,(H,14,19)(H,17,18)/t10-/m0/s1. The predicted octanol–water partition coefficient (Wildman–Crippen LogP) is 0.975. The van der Waals surface area contributed by atoms with Crippen LogP contribution in [-0.2, 0) is 4.79 Å². The van der Waals surface area contributed by atoms with Crippen molar-refractivity contribution in [1.29, 1.82) is 0 Å². The topological polar surface area (TPSA) is 72.9 Å². The lowest BCUT2D eigenvalue weighted by Gasteiger charge is -2.49. The van der Waals surface area contributed by atoms with Crippen LogP contribution in [0.4, 0.5) is 4.79 Å². The summed E-state index contributed by atoms with van der Waals surface area (Å²) in [6.45, 7) is 2.37. The molecule has 0 aliphatic heterocycles. The second kappa shape index (κ2) is 6.23. The summed E-state index contributed by atoms with van der Waals surface area (Å²) in [6.07, 6.45) is 3.72. The lowest BCUT2D eigenvalue weighted by Crippen LogP contribution is -2.59. The van der Waals surface area contributed by atoms with Crippen molar-refractivity contribution in [3.05, 3.63) is 0 Å². The minimum absolute atomic E-state index is 0.0526. The van der Waals surface area contributed by atoms with Crippen LogP contribution in [-0.4, -0.2) is 66.2 Å². The van der Waals surface area contributed by atoms with Crippen molar-refractivity contribution >= 4 is 12.0 Å². The van der Waals surface area contributed by atoms with Gasteiger partial charge in [-0.1, -0.05) is 6.92 Å². The van der Waals surface area contributed by atoms with E-state index < -0.39 is 12.0 Å². The fraction of sp³-hybridized carbons (Fsp3) is 0.846. The number of amides is 2. The van der Waals surface area contributed by atoms with Gasteiger partial charge < -0.3 is 20.2 Å². The van der Waals surface area contributed by atoms with Gasteiger partial charge >= 0.3 is 12.0 Å². The van der Waals surface area contributed by atoms with Gasteiger partial charge in [0, 0.05) is 19.1 Å². The molecule has 1 saturated carbocycles. The number of carbonyl (C=O) groups excluding carboxylic acids is 1. The zero-order chi connectivity index (χ0) is 14.6. The fourth-order valence-corrected chi connectivity index (χ4v) is 2.44. The van der Waals surface area contributed by atoms with Crippen LogP contribution in [0, 0.1) is 0 Å². The van der Waals surface area contributed by atoms with E-state index >= 15 is 0 Å². The highest BCUT2D eigenvalue weighted by Crippen LogP contribution is 2.36. The number of hydrogen-bond acceptors (Lipinski definition) is 3. The molecular weight excluding hydrogens is 246 g/mol. The van der Waals surface area contributed by atoms with Crippen molar-refractivity contribution in [1.82, 2.24) is 15.1 Å². The third-order valence-electron chi connectivity index (χ3n) is 4.12. The Morgan fingerprint density at radius 3 is 2.21 bits per heavy atom. The van der Waals surface area contributed by atoms with Crippen LogP contribution < -0.4 is 5.32 Å². The molecule has 0 spiro atoms. The number of carbonyl (C=O) groups is 2. The highest BCUT2D eigenvalue weighted by molar-refractivity contribution is 5.82. The van der Waals surface area contributed by atoms with Gasteiger partial charge in [-0.25, -0.2) is 9.59 Å². The van der Waals surface area contributed by atoms with E-state index in [0.29, 0.717) is 13.0 Å². The summed E-state index contributed by atoms with van der Waals surface area (Å²) in [5.74, 6) is -0.991. The van der Waals surface area contributed by atoms with Crippen molar-refractivity contribution in [3.63, 3.8) is 0 Å². The van der Waals surface area contributed by atoms with Gasteiger partial charge in [0.05, 0.1) is 0 Å². The smallest absolute Gasteiger partial charge is 0.326 e. The SMILES string of the molecule is CC[C@H](NC(=O)N(C)CC1(N(C)C)CCC1)C(=O)O. The monoisotopic (exact) mass is 271 g/mol. The fourth-order valence-electron chi connectivity index (χ4n) is 2.44. The molecule has 0 unspecified atom stereocenters. The Kier molecular flexibility index (Phi) is 5.17. The molecule has 1 atom stereocenters. The minimum Gasteiger partial charge on any atom is -0.480 e. The first-order valence-corrected chi connectivity index (χ1v) is 6.74. The van der Waals surface area contributed by atoms with Gasteiger partial charge in [0.25, 0.3) is 0 Å². The Morgan fingerprint density at radius 2 is 1.89 bits per heavy atom. The van der Waals surface area contributed by atoms with Gasteiger partial charge in [0.2, 0.25) is 0 Å². The largest absolute Gasteiger partial charge is 0.480 e. The highest BCUT2D eigenvalue weighted by Gasteiger charge is 2.40. The van der Waals surface area contributed by atoms with Gasteiger partial charge in [-0.15, -0.1) is 0 Å². The lowest BCUT2D eigenvalue weighted by atomic mass is 9.75. The summed E-state index contributed by atoms with van der Waals surface area (Å²) < 4.78 is 0. The van der Waals surface area contributed by atoms with Gasteiger partial charge in [0.15, 0.2) is 0 Å². The minimum atomic E-state index is -0.991. The normalized spacial score (nSPS) is 18.6. The zero-order valence-corrected chi connectivity index (χ0v) is 12.3. The number of nitrogens with zero attached hydrogens (tertiary/aromatic N) is 2. The van der Waals surface area contributed by atoms with E-state index in [1.165, 1.54) is 6.42 Å². The summed E-state index contributed by atoms with van der Waals surface area (Å²) >= 11 is 0. The summed E-state index contributed by atoms with van der Waals surface area (Å²) in [5, 5.41) is 11.5. The summed E-state index contributed by atoms with van der Waals surface area (Å²) in [6, 6.07) is -1.13. The zero-order valence-electron chi connectivity index (χ0n) is 12.3. The molecule has 110 valence electrons. The second-order valence-electron chi connectivity index (χ2n) is 5.58. The maximum Gasteiger partial charge on any atom is 0.326 e. The summed E-state index contributed by atoms with van der Waals surface area (Å²) in [4.78, 5) is 26.6. The maximum absolute atomic E-state index is 12.0. The van der Waals surface area contributed by atoms with E-state index in [-0.39, 0.29) is 11.6 Å². The molecule has 2 amide bonds. The number of urea groups is 1. The highest BCUT2D eigenvalue weighted by atomic mass is 16.4. The first-order chi connectivity index (χ1) is 8.82. The number of likely N-dealkylation sites (N-methyl/N-ethyl adjacent to an activating group) is 2. The summed E-state index contributed by atoms with van der Waals surface area (Å²) in [7, 11) is 5.77. The van der Waals surface area contributed by atoms with E-state index in [1.807, 2.05) is 14.1 Å². The molecule has 1 fully saturated rings. The molecule has 6 heteroatoms. The van der Waals surface area contributed by atoms with Crippen molar-refractivity contribution in [2.45, 2.75) is 44.2 Å². The molecule has 0 radical (unpaired) electrons. The van der Waals surface area contributed by atoms with E-state index in [9.17, 15) is 9.59 Å². The molecule has 0 aromatic heterocycles. The molecule has 0 aromatic carbocycles. The van der Waals surface area contributed by atoms with Crippen LogP contribution in [0.3, 0.4) is 0 Å². The third-order valence-corrected chi connectivity index (χ3v) is 4.12. The quantitative estimate of drug-likeness (QED) is 0.755. The van der Waals surface area contributed by atoms with Crippen LogP contribution in [0.15, 0.2) is 0 Å². The van der Waals surface area contributed by atoms with Crippen molar-refractivity contribution in [3.8, 4) is 0 Å². The number of aliphatic carboxylic acids is 1.